The van der Waals surface area contributed by atoms with Gasteiger partial charge in [-0.3, -0.25) is 15.1 Å². The van der Waals surface area contributed by atoms with Gasteiger partial charge in [0.1, 0.15) is 12.8 Å². The first-order valence-electron chi connectivity index (χ1n) is 5.48. The van der Waals surface area contributed by atoms with Gasteiger partial charge in [-0.1, -0.05) is 18.2 Å². The van der Waals surface area contributed by atoms with Gasteiger partial charge in [0.05, 0.1) is 10.5 Å². The molecule has 19 heavy (non-hydrogen) atoms. The van der Waals surface area contributed by atoms with Crippen LogP contribution in [0.25, 0.3) is 0 Å². The standard InChI is InChI=1S/C8H6O2.C5H4N2O2/c9-8-7-4-2-1-3-6(7)5-10-8;8-7(9)5-2-1-3-6-4-5/h1-4H,5H2;1-4H. The summed E-state index contributed by atoms with van der Waals surface area (Å²) in [5, 5.41) is 9.97. The Kier molecular flexibility index (Phi) is 3.82. The molecule has 0 saturated heterocycles. The van der Waals surface area contributed by atoms with Crippen LogP contribution >= 0.6 is 0 Å². The van der Waals surface area contributed by atoms with Crippen LogP contribution in [0.4, 0.5) is 5.69 Å². The summed E-state index contributed by atoms with van der Waals surface area (Å²) in [5.41, 5.74) is 1.73. The van der Waals surface area contributed by atoms with Crippen LogP contribution in [0.3, 0.4) is 0 Å². The molecule has 2 heterocycles. The van der Waals surface area contributed by atoms with E-state index < -0.39 is 4.92 Å². The van der Waals surface area contributed by atoms with E-state index in [1.807, 2.05) is 18.2 Å². The number of cyclic esters (lactones) is 1. The maximum Gasteiger partial charge on any atom is 0.338 e. The van der Waals surface area contributed by atoms with Gasteiger partial charge in [-0.05, 0) is 12.1 Å². The molecule has 0 fully saturated rings. The van der Waals surface area contributed by atoms with Crippen LogP contribution < -0.4 is 0 Å². The number of hydrogen-bond donors (Lipinski definition) is 0. The Balaban J connectivity index is 0.000000141. The number of fused-ring (bicyclic) bond motifs is 1. The predicted molar refractivity (Wildman–Crippen MR) is 66.5 cm³/mol. The predicted octanol–water partition coefficient (Wildman–Crippen LogP) is 2.35. The van der Waals surface area contributed by atoms with Gasteiger partial charge in [-0.2, -0.15) is 0 Å². The highest BCUT2D eigenvalue weighted by Crippen LogP contribution is 2.18. The van der Waals surface area contributed by atoms with Crippen molar-refractivity contribution in [2.45, 2.75) is 6.61 Å². The van der Waals surface area contributed by atoms with Crippen molar-refractivity contribution in [2.75, 3.05) is 0 Å². The molecule has 1 aliphatic heterocycles. The highest BCUT2D eigenvalue weighted by atomic mass is 16.6. The second-order valence-corrected chi connectivity index (χ2v) is 3.70. The number of hydrogen-bond acceptors (Lipinski definition) is 5. The number of nitrogens with zero attached hydrogens (tertiary/aromatic N) is 2. The van der Waals surface area contributed by atoms with Crippen molar-refractivity contribution in [1.29, 1.82) is 0 Å². The molecule has 2 aromatic rings. The van der Waals surface area contributed by atoms with Crippen molar-refractivity contribution in [3.63, 3.8) is 0 Å². The molecule has 0 unspecified atom stereocenters. The fourth-order valence-corrected chi connectivity index (χ4v) is 1.53. The average molecular weight is 258 g/mol. The van der Waals surface area contributed by atoms with Crippen LogP contribution in [0, 0.1) is 10.1 Å². The first-order chi connectivity index (χ1) is 9.18. The minimum Gasteiger partial charge on any atom is -0.457 e. The summed E-state index contributed by atoms with van der Waals surface area (Å²) in [4.78, 5) is 23.9. The molecule has 0 spiro atoms. The molecule has 0 N–H and O–H groups in total. The van der Waals surface area contributed by atoms with Crippen LogP contribution in [0.15, 0.2) is 48.8 Å². The molecule has 1 aromatic carbocycles. The molecular weight excluding hydrogens is 248 g/mol. The van der Waals surface area contributed by atoms with E-state index in [2.05, 4.69) is 4.98 Å². The maximum absolute atomic E-state index is 10.8. The fraction of sp³-hybridized carbons (Fsp3) is 0.0769. The number of benzene rings is 1. The number of pyridine rings is 1. The molecule has 0 atom stereocenters. The summed E-state index contributed by atoms with van der Waals surface area (Å²) in [5.74, 6) is -0.199. The zero-order valence-electron chi connectivity index (χ0n) is 9.85. The molecule has 96 valence electrons. The lowest BCUT2D eigenvalue weighted by Crippen LogP contribution is -1.91. The first-order valence-corrected chi connectivity index (χ1v) is 5.48. The number of carbonyl (C=O) groups excluding carboxylic acids is 1. The van der Waals surface area contributed by atoms with E-state index in [-0.39, 0.29) is 11.7 Å². The third-order valence-corrected chi connectivity index (χ3v) is 2.45. The second-order valence-electron chi connectivity index (χ2n) is 3.70. The Bertz CT molecular complexity index is 599. The molecule has 1 aliphatic rings. The van der Waals surface area contributed by atoms with Crippen molar-refractivity contribution in [3.05, 3.63) is 70.0 Å². The van der Waals surface area contributed by atoms with Gasteiger partial charge >= 0.3 is 5.97 Å². The normalized spacial score (nSPS) is 11.9. The van der Waals surface area contributed by atoms with E-state index in [9.17, 15) is 14.9 Å². The van der Waals surface area contributed by atoms with Crippen LogP contribution in [0.2, 0.25) is 0 Å². The smallest absolute Gasteiger partial charge is 0.338 e. The van der Waals surface area contributed by atoms with Crippen molar-refractivity contribution < 1.29 is 14.5 Å². The monoisotopic (exact) mass is 258 g/mol. The highest BCUT2D eigenvalue weighted by molar-refractivity contribution is 5.93. The summed E-state index contributed by atoms with van der Waals surface area (Å²) in [6, 6.07) is 10.3. The fourth-order valence-electron chi connectivity index (χ4n) is 1.53. The lowest BCUT2D eigenvalue weighted by atomic mass is 10.1. The number of aromatic nitrogens is 1. The first kappa shape index (κ1) is 12.7. The average Bonchev–Trinajstić information content (AvgIpc) is 2.83. The van der Waals surface area contributed by atoms with E-state index in [1.165, 1.54) is 24.5 Å². The van der Waals surface area contributed by atoms with Crippen LogP contribution in [0.5, 0.6) is 0 Å². The molecule has 3 rings (SSSR count). The number of nitro groups is 1. The summed E-state index contributed by atoms with van der Waals surface area (Å²) in [6.45, 7) is 0.439. The summed E-state index contributed by atoms with van der Waals surface area (Å²) in [7, 11) is 0. The minimum absolute atomic E-state index is 0.0255. The number of esters is 1. The Morgan fingerprint density at radius 3 is 2.58 bits per heavy atom. The van der Waals surface area contributed by atoms with Gasteiger partial charge in [-0.25, -0.2) is 4.79 Å². The molecule has 0 aliphatic carbocycles. The third kappa shape index (κ3) is 3.12. The van der Waals surface area contributed by atoms with Crippen LogP contribution in [0.1, 0.15) is 15.9 Å². The van der Waals surface area contributed by atoms with E-state index >= 15 is 0 Å². The Morgan fingerprint density at radius 2 is 2.00 bits per heavy atom. The van der Waals surface area contributed by atoms with E-state index in [0.717, 1.165) is 5.56 Å². The van der Waals surface area contributed by atoms with Gasteiger partial charge in [0.2, 0.25) is 0 Å². The zero-order valence-corrected chi connectivity index (χ0v) is 9.85. The number of rotatable bonds is 1. The Labute approximate surface area is 108 Å². The lowest BCUT2D eigenvalue weighted by molar-refractivity contribution is -0.385. The highest BCUT2D eigenvalue weighted by Gasteiger charge is 2.18. The minimum atomic E-state index is -0.479. The molecule has 0 amide bonds. The molecule has 0 saturated carbocycles. The van der Waals surface area contributed by atoms with E-state index in [0.29, 0.717) is 12.2 Å². The van der Waals surface area contributed by atoms with Crippen LogP contribution in [-0.2, 0) is 11.3 Å². The van der Waals surface area contributed by atoms with Gasteiger partial charge in [0, 0.05) is 17.8 Å². The second kappa shape index (κ2) is 5.72. The van der Waals surface area contributed by atoms with Crippen molar-refractivity contribution in [1.82, 2.24) is 4.98 Å². The van der Waals surface area contributed by atoms with Gasteiger partial charge in [-0.15, -0.1) is 0 Å². The molecule has 1 aromatic heterocycles. The summed E-state index contributed by atoms with van der Waals surface area (Å²) < 4.78 is 4.78. The van der Waals surface area contributed by atoms with E-state index in [1.54, 1.807) is 6.07 Å². The maximum atomic E-state index is 10.8. The van der Waals surface area contributed by atoms with Crippen molar-refractivity contribution in [3.8, 4) is 0 Å². The molecule has 0 bridgehead atoms. The Hall–Kier alpha value is -2.76. The Morgan fingerprint density at radius 1 is 1.21 bits per heavy atom. The lowest BCUT2D eigenvalue weighted by Gasteiger charge is -1.87. The summed E-state index contributed by atoms with van der Waals surface area (Å²) in [6.07, 6.45) is 2.70. The number of carbonyl (C=O) groups is 1. The van der Waals surface area contributed by atoms with Crippen molar-refractivity contribution in [2.24, 2.45) is 0 Å². The van der Waals surface area contributed by atoms with Crippen LogP contribution in [-0.4, -0.2) is 15.9 Å². The topological polar surface area (TPSA) is 82.3 Å². The van der Waals surface area contributed by atoms with Crippen molar-refractivity contribution >= 4 is 11.7 Å². The quantitative estimate of drug-likeness (QED) is 0.445. The third-order valence-electron chi connectivity index (χ3n) is 2.45. The van der Waals surface area contributed by atoms with Gasteiger partial charge in [0.15, 0.2) is 0 Å². The SMILES string of the molecule is O=C1OCc2ccccc21.O=[N+]([O-])c1cccnc1. The zero-order chi connectivity index (χ0) is 13.7. The number of ether oxygens (including phenoxy) is 1. The summed E-state index contributed by atoms with van der Waals surface area (Å²) >= 11 is 0. The van der Waals surface area contributed by atoms with Gasteiger partial charge in [0.25, 0.3) is 5.69 Å². The molecular formula is C13H10N2O4. The van der Waals surface area contributed by atoms with E-state index in [4.69, 9.17) is 4.74 Å². The molecule has 6 nitrogen and oxygen atoms in total. The molecule has 0 radical (unpaired) electrons. The van der Waals surface area contributed by atoms with Gasteiger partial charge < -0.3 is 4.74 Å². The largest absolute Gasteiger partial charge is 0.457 e. The molecule has 6 heteroatoms.